The highest BCUT2D eigenvalue weighted by molar-refractivity contribution is 7.92. The molecular formula is C6H12NO3S. The predicted molar refractivity (Wildman–Crippen MR) is 42.9 cm³/mol. The van der Waals surface area contributed by atoms with E-state index in [1.165, 1.54) is 6.29 Å². The number of hydrogen-bond donors (Lipinski definition) is 0. The van der Waals surface area contributed by atoms with Crippen LogP contribution in [0, 0.1) is 0 Å². The van der Waals surface area contributed by atoms with Gasteiger partial charge in [0, 0.05) is 6.54 Å². The standard InChI is InChI=1S/C6H12NO3S/c1-7(2)3-5-11(9,10)6-4-8/h3,5-6H2,1-2H3. The summed E-state index contributed by atoms with van der Waals surface area (Å²) in [6, 6.07) is 0. The van der Waals surface area contributed by atoms with Gasteiger partial charge in [-0.2, -0.15) is 0 Å². The van der Waals surface area contributed by atoms with Crippen molar-refractivity contribution in [1.29, 1.82) is 0 Å². The normalized spacial score (nSPS) is 11.9. The van der Waals surface area contributed by atoms with Gasteiger partial charge in [-0.05, 0) is 14.1 Å². The Morgan fingerprint density at radius 2 is 1.91 bits per heavy atom. The van der Waals surface area contributed by atoms with Crippen LogP contribution in [0.15, 0.2) is 0 Å². The molecule has 4 nitrogen and oxygen atoms in total. The lowest BCUT2D eigenvalue weighted by atomic mass is 10.7. The SMILES string of the molecule is CN(C)CCS(=O)(=O)C[C]=O. The first-order chi connectivity index (χ1) is 4.98. The molecule has 0 fully saturated rings. The van der Waals surface area contributed by atoms with Crippen molar-refractivity contribution < 1.29 is 13.2 Å². The van der Waals surface area contributed by atoms with Crippen molar-refractivity contribution in [2.45, 2.75) is 0 Å². The molecule has 0 aliphatic heterocycles. The molecule has 0 amide bonds. The van der Waals surface area contributed by atoms with E-state index in [0.29, 0.717) is 6.54 Å². The van der Waals surface area contributed by atoms with E-state index in [2.05, 4.69) is 0 Å². The summed E-state index contributed by atoms with van der Waals surface area (Å²) in [5.41, 5.74) is 0. The van der Waals surface area contributed by atoms with Crippen LogP contribution < -0.4 is 0 Å². The van der Waals surface area contributed by atoms with E-state index in [-0.39, 0.29) is 5.75 Å². The second-order valence-electron chi connectivity index (χ2n) is 2.54. The van der Waals surface area contributed by atoms with Gasteiger partial charge in [0.25, 0.3) is 0 Å². The van der Waals surface area contributed by atoms with Crippen molar-refractivity contribution >= 4 is 16.1 Å². The topological polar surface area (TPSA) is 54.5 Å². The zero-order valence-electron chi connectivity index (χ0n) is 6.70. The number of rotatable bonds is 5. The van der Waals surface area contributed by atoms with Gasteiger partial charge in [-0.15, -0.1) is 0 Å². The molecule has 0 bridgehead atoms. The van der Waals surface area contributed by atoms with E-state index in [0.717, 1.165) is 0 Å². The Morgan fingerprint density at radius 3 is 2.27 bits per heavy atom. The zero-order chi connectivity index (χ0) is 8.91. The highest BCUT2D eigenvalue weighted by Crippen LogP contribution is 1.88. The summed E-state index contributed by atoms with van der Waals surface area (Å²) >= 11 is 0. The van der Waals surface area contributed by atoms with Gasteiger partial charge in [0.15, 0.2) is 9.84 Å². The molecule has 65 valence electrons. The Morgan fingerprint density at radius 1 is 1.36 bits per heavy atom. The fraction of sp³-hybridized carbons (Fsp3) is 0.833. The quantitative estimate of drug-likeness (QED) is 0.546. The third kappa shape index (κ3) is 6.00. The maximum Gasteiger partial charge on any atom is 0.214 e. The van der Waals surface area contributed by atoms with Crippen LogP contribution in [0.1, 0.15) is 0 Å². The number of carbonyl (C=O) groups excluding carboxylic acids is 1. The molecule has 0 aliphatic carbocycles. The molecule has 0 saturated heterocycles. The fourth-order valence-electron chi connectivity index (χ4n) is 0.484. The monoisotopic (exact) mass is 178 g/mol. The first-order valence-corrected chi connectivity index (χ1v) is 5.00. The Balaban J connectivity index is 3.83. The van der Waals surface area contributed by atoms with Crippen LogP contribution in [0.4, 0.5) is 0 Å². The molecule has 0 N–H and O–H groups in total. The van der Waals surface area contributed by atoms with Crippen molar-refractivity contribution in [3.8, 4) is 0 Å². The molecule has 0 rings (SSSR count). The molecule has 0 spiro atoms. The minimum absolute atomic E-state index is 0.0231. The lowest BCUT2D eigenvalue weighted by Crippen LogP contribution is -2.23. The van der Waals surface area contributed by atoms with Gasteiger partial charge < -0.3 is 4.90 Å². The minimum atomic E-state index is -3.19. The van der Waals surface area contributed by atoms with Gasteiger partial charge in [-0.1, -0.05) is 0 Å². The maximum absolute atomic E-state index is 10.8. The molecule has 11 heavy (non-hydrogen) atoms. The molecule has 0 aromatic rings. The van der Waals surface area contributed by atoms with Gasteiger partial charge in [0.05, 0.1) is 5.75 Å². The van der Waals surface area contributed by atoms with E-state index in [9.17, 15) is 13.2 Å². The predicted octanol–water partition coefficient (Wildman–Crippen LogP) is -0.927. The third-order valence-corrected chi connectivity index (χ3v) is 2.49. The summed E-state index contributed by atoms with van der Waals surface area (Å²) in [5.74, 6) is -0.462. The van der Waals surface area contributed by atoms with E-state index in [4.69, 9.17) is 0 Å². The minimum Gasteiger partial charge on any atom is -0.308 e. The molecule has 1 radical (unpaired) electrons. The molecule has 0 unspecified atom stereocenters. The fourth-order valence-corrected chi connectivity index (χ4v) is 1.45. The van der Waals surface area contributed by atoms with Crippen molar-refractivity contribution in [1.82, 2.24) is 4.90 Å². The second-order valence-corrected chi connectivity index (χ2v) is 4.72. The van der Waals surface area contributed by atoms with Gasteiger partial charge in [0.1, 0.15) is 5.75 Å². The van der Waals surface area contributed by atoms with E-state index in [1.54, 1.807) is 19.0 Å². The van der Waals surface area contributed by atoms with Crippen molar-refractivity contribution in [2.75, 3.05) is 32.1 Å². The smallest absolute Gasteiger partial charge is 0.214 e. The van der Waals surface area contributed by atoms with Gasteiger partial charge in [0.2, 0.25) is 6.29 Å². The molecule has 0 aliphatic rings. The molecule has 0 atom stereocenters. The molecule has 0 aromatic heterocycles. The average Bonchev–Trinajstić information content (AvgIpc) is 1.84. The first kappa shape index (κ1) is 10.6. The maximum atomic E-state index is 10.8. The van der Waals surface area contributed by atoms with E-state index in [1.807, 2.05) is 0 Å². The summed E-state index contributed by atoms with van der Waals surface area (Å²) in [6.45, 7) is 0.448. The van der Waals surface area contributed by atoms with Crippen LogP contribution in [0.3, 0.4) is 0 Å². The molecular weight excluding hydrogens is 166 g/mol. The Kier molecular flexibility index (Phi) is 4.29. The average molecular weight is 178 g/mol. The first-order valence-electron chi connectivity index (χ1n) is 3.18. The van der Waals surface area contributed by atoms with Crippen molar-refractivity contribution in [2.24, 2.45) is 0 Å². The van der Waals surface area contributed by atoms with Crippen molar-refractivity contribution in [3.05, 3.63) is 0 Å². The summed E-state index contributed by atoms with van der Waals surface area (Å²) in [5, 5.41) is 0. The highest BCUT2D eigenvalue weighted by atomic mass is 32.2. The Labute approximate surface area is 67.1 Å². The largest absolute Gasteiger partial charge is 0.308 e. The Bertz CT molecular complexity index is 208. The number of sulfone groups is 1. The Hall–Kier alpha value is -0.420. The zero-order valence-corrected chi connectivity index (χ0v) is 7.52. The van der Waals surface area contributed by atoms with Gasteiger partial charge in [-0.3, -0.25) is 4.79 Å². The van der Waals surface area contributed by atoms with E-state index < -0.39 is 15.6 Å². The van der Waals surface area contributed by atoms with Gasteiger partial charge >= 0.3 is 0 Å². The van der Waals surface area contributed by atoms with E-state index >= 15 is 0 Å². The summed E-state index contributed by atoms with van der Waals surface area (Å²) < 4.78 is 21.7. The summed E-state index contributed by atoms with van der Waals surface area (Å²) in [6.07, 6.45) is 1.38. The van der Waals surface area contributed by atoms with Crippen LogP contribution in [0.5, 0.6) is 0 Å². The van der Waals surface area contributed by atoms with Crippen LogP contribution >= 0.6 is 0 Å². The van der Waals surface area contributed by atoms with Crippen LogP contribution in [-0.2, 0) is 14.6 Å². The number of nitrogens with zero attached hydrogens (tertiary/aromatic N) is 1. The van der Waals surface area contributed by atoms with Crippen molar-refractivity contribution in [3.63, 3.8) is 0 Å². The molecule has 0 heterocycles. The molecule has 0 saturated carbocycles. The van der Waals surface area contributed by atoms with Crippen LogP contribution in [0.25, 0.3) is 0 Å². The van der Waals surface area contributed by atoms with Crippen LogP contribution in [-0.4, -0.2) is 51.7 Å². The second kappa shape index (κ2) is 4.46. The highest BCUT2D eigenvalue weighted by Gasteiger charge is 2.09. The lowest BCUT2D eigenvalue weighted by Gasteiger charge is -2.07. The lowest BCUT2D eigenvalue weighted by molar-refractivity contribution is 0.432. The van der Waals surface area contributed by atoms with Crippen LogP contribution in [0.2, 0.25) is 0 Å². The molecule has 0 aromatic carbocycles. The molecule has 5 heteroatoms. The summed E-state index contributed by atoms with van der Waals surface area (Å²) in [7, 11) is 0.364. The number of hydrogen-bond acceptors (Lipinski definition) is 4. The summed E-state index contributed by atoms with van der Waals surface area (Å²) in [4.78, 5) is 11.5. The van der Waals surface area contributed by atoms with Gasteiger partial charge in [-0.25, -0.2) is 8.42 Å². The third-order valence-electron chi connectivity index (χ3n) is 1.13.